The lowest BCUT2D eigenvalue weighted by molar-refractivity contribution is 0.0467. The normalized spacial score (nSPS) is 10.2. The molecule has 0 fully saturated rings. The van der Waals surface area contributed by atoms with Gasteiger partial charge in [0, 0.05) is 10.6 Å². The second-order valence-corrected chi connectivity index (χ2v) is 4.70. The van der Waals surface area contributed by atoms with Crippen molar-refractivity contribution in [1.82, 2.24) is 0 Å². The fourth-order valence-electron chi connectivity index (χ4n) is 1.65. The second kappa shape index (κ2) is 6.37. The zero-order valence-electron chi connectivity index (χ0n) is 10.8. The van der Waals surface area contributed by atoms with Crippen LogP contribution in [0.3, 0.4) is 0 Å². The summed E-state index contributed by atoms with van der Waals surface area (Å²) in [5.74, 6) is -2.07. The average Bonchev–Trinajstić information content (AvgIpc) is 2.45. The molecule has 0 spiro atoms. The summed E-state index contributed by atoms with van der Waals surface area (Å²) in [6.45, 7) is -0.0417. The number of benzene rings is 2. The highest BCUT2D eigenvalue weighted by molar-refractivity contribution is 6.30. The lowest BCUT2D eigenvalue weighted by Gasteiger charge is -2.06. The third-order valence-electron chi connectivity index (χ3n) is 2.76. The zero-order chi connectivity index (χ0) is 15.4. The van der Waals surface area contributed by atoms with Crippen LogP contribution in [0, 0.1) is 5.82 Å². The number of carbonyl (C=O) groups excluding carboxylic acids is 2. The maximum absolute atomic E-state index is 13.5. The number of esters is 1. The van der Waals surface area contributed by atoms with Gasteiger partial charge in [-0.05, 0) is 35.9 Å². The van der Waals surface area contributed by atoms with E-state index in [1.807, 2.05) is 0 Å². The third kappa shape index (κ3) is 3.79. The van der Waals surface area contributed by atoms with Gasteiger partial charge in [0.05, 0.1) is 5.56 Å². The van der Waals surface area contributed by atoms with Gasteiger partial charge in [-0.25, -0.2) is 9.18 Å². The van der Waals surface area contributed by atoms with Gasteiger partial charge < -0.3 is 10.5 Å². The number of primary amides is 1. The molecule has 4 nitrogen and oxygen atoms in total. The first-order valence-corrected chi connectivity index (χ1v) is 6.36. The lowest BCUT2D eigenvalue weighted by atomic mass is 10.1. The van der Waals surface area contributed by atoms with Crippen molar-refractivity contribution in [3.8, 4) is 0 Å². The molecule has 0 radical (unpaired) electrons. The van der Waals surface area contributed by atoms with Gasteiger partial charge in [0.1, 0.15) is 12.4 Å². The predicted molar refractivity (Wildman–Crippen MR) is 75.5 cm³/mol. The van der Waals surface area contributed by atoms with E-state index >= 15 is 0 Å². The van der Waals surface area contributed by atoms with Gasteiger partial charge in [0.15, 0.2) is 0 Å². The Morgan fingerprint density at radius 1 is 1.14 bits per heavy atom. The van der Waals surface area contributed by atoms with Crippen LogP contribution in [0.15, 0.2) is 42.5 Å². The Labute approximate surface area is 125 Å². The monoisotopic (exact) mass is 307 g/mol. The van der Waals surface area contributed by atoms with E-state index in [9.17, 15) is 14.0 Å². The number of nitrogens with two attached hydrogens (primary N) is 1. The molecule has 6 heteroatoms. The van der Waals surface area contributed by atoms with Crippen molar-refractivity contribution in [3.63, 3.8) is 0 Å². The topological polar surface area (TPSA) is 69.4 Å². The molecule has 0 saturated heterocycles. The molecule has 2 rings (SSSR count). The van der Waals surface area contributed by atoms with Crippen LogP contribution in [0.4, 0.5) is 4.39 Å². The maximum Gasteiger partial charge on any atom is 0.341 e. The summed E-state index contributed by atoms with van der Waals surface area (Å²) in [6.07, 6.45) is 0. The van der Waals surface area contributed by atoms with E-state index in [-0.39, 0.29) is 17.2 Å². The summed E-state index contributed by atoms with van der Waals surface area (Å²) >= 11 is 5.61. The highest BCUT2D eigenvalue weighted by atomic mass is 35.5. The van der Waals surface area contributed by atoms with Crippen LogP contribution in [0.25, 0.3) is 0 Å². The molecule has 0 aliphatic heterocycles. The molecule has 2 aromatic rings. The zero-order valence-corrected chi connectivity index (χ0v) is 11.6. The van der Waals surface area contributed by atoms with Crippen LogP contribution in [0.5, 0.6) is 0 Å². The number of carbonyl (C=O) groups is 2. The Morgan fingerprint density at radius 3 is 2.38 bits per heavy atom. The largest absolute Gasteiger partial charge is 0.457 e. The van der Waals surface area contributed by atoms with Gasteiger partial charge in [0.2, 0.25) is 5.91 Å². The Balaban J connectivity index is 2.02. The van der Waals surface area contributed by atoms with Crippen molar-refractivity contribution in [2.45, 2.75) is 6.61 Å². The van der Waals surface area contributed by atoms with Crippen molar-refractivity contribution < 1.29 is 18.7 Å². The van der Waals surface area contributed by atoms with Crippen LogP contribution < -0.4 is 5.73 Å². The molecule has 0 aromatic heterocycles. The molecule has 108 valence electrons. The molecule has 21 heavy (non-hydrogen) atoms. The molecule has 0 aliphatic carbocycles. The van der Waals surface area contributed by atoms with Crippen LogP contribution in [-0.4, -0.2) is 11.9 Å². The first kappa shape index (κ1) is 15.0. The van der Waals surface area contributed by atoms with E-state index < -0.39 is 17.7 Å². The first-order chi connectivity index (χ1) is 9.97. The van der Waals surface area contributed by atoms with Gasteiger partial charge in [-0.1, -0.05) is 23.7 Å². The number of hydrogen-bond acceptors (Lipinski definition) is 3. The molecule has 2 N–H and O–H groups in total. The molecule has 0 aliphatic rings. The van der Waals surface area contributed by atoms with Gasteiger partial charge >= 0.3 is 5.97 Å². The summed E-state index contributed by atoms with van der Waals surface area (Å²) < 4.78 is 18.5. The Morgan fingerprint density at radius 2 is 1.81 bits per heavy atom. The van der Waals surface area contributed by atoms with E-state index in [0.29, 0.717) is 11.1 Å². The van der Waals surface area contributed by atoms with E-state index in [2.05, 4.69) is 0 Å². The van der Waals surface area contributed by atoms with Crippen molar-refractivity contribution in [2.75, 3.05) is 0 Å². The van der Waals surface area contributed by atoms with Gasteiger partial charge in [-0.15, -0.1) is 0 Å². The van der Waals surface area contributed by atoms with Gasteiger partial charge in [-0.2, -0.15) is 0 Å². The summed E-state index contributed by atoms with van der Waals surface area (Å²) in [7, 11) is 0. The highest BCUT2D eigenvalue weighted by Gasteiger charge is 2.13. The van der Waals surface area contributed by atoms with E-state index in [0.717, 1.165) is 6.07 Å². The molecular weight excluding hydrogens is 297 g/mol. The van der Waals surface area contributed by atoms with E-state index in [1.165, 1.54) is 24.3 Å². The van der Waals surface area contributed by atoms with Gasteiger partial charge in [-0.3, -0.25) is 4.79 Å². The average molecular weight is 308 g/mol. The summed E-state index contributed by atoms with van der Waals surface area (Å²) in [6, 6.07) is 9.96. The fourth-order valence-corrected chi connectivity index (χ4v) is 1.81. The number of rotatable bonds is 4. The number of hydrogen-bond donors (Lipinski definition) is 1. The quantitative estimate of drug-likeness (QED) is 0.883. The SMILES string of the molecule is NC(=O)c1ccc(COC(=O)c2ccc(Cl)cc2F)cc1. The van der Waals surface area contributed by atoms with Crippen molar-refractivity contribution in [3.05, 3.63) is 70.0 Å². The van der Waals surface area contributed by atoms with Crippen LogP contribution in [-0.2, 0) is 11.3 Å². The Kier molecular flexibility index (Phi) is 4.55. The minimum Gasteiger partial charge on any atom is -0.457 e. The molecule has 2 aromatic carbocycles. The molecule has 0 unspecified atom stereocenters. The number of halogens is 2. The smallest absolute Gasteiger partial charge is 0.341 e. The maximum atomic E-state index is 13.5. The third-order valence-corrected chi connectivity index (χ3v) is 2.99. The standard InChI is InChI=1S/C15H11ClFNO3/c16-11-5-6-12(13(17)7-11)15(20)21-8-9-1-3-10(4-2-9)14(18)19/h1-7H,8H2,(H2,18,19). The summed E-state index contributed by atoms with van der Waals surface area (Å²) in [4.78, 5) is 22.7. The Bertz CT molecular complexity index is 686. The van der Waals surface area contributed by atoms with Crippen molar-refractivity contribution in [1.29, 1.82) is 0 Å². The number of ether oxygens (including phenoxy) is 1. The van der Waals surface area contributed by atoms with Crippen molar-refractivity contribution in [2.24, 2.45) is 5.73 Å². The highest BCUT2D eigenvalue weighted by Crippen LogP contribution is 2.16. The predicted octanol–water partition coefficient (Wildman–Crippen LogP) is 2.94. The second-order valence-electron chi connectivity index (χ2n) is 4.26. The van der Waals surface area contributed by atoms with Gasteiger partial charge in [0.25, 0.3) is 0 Å². The molecule has 1 amide bonds. The molecular formula is C15H11ClFNO3. The summed E-state index contributed by atoms with van der Waals surface area (Å²) in [5.41, 5.74) is 5.94. The first-order valence-electron chi connectivity index (χ1n) is 5.98. The lowest BCUT2D eigenvalue weighted by Crippen LogP contribution is -2.11. The number of amides is 1. The van der Waals surface area contributed by atoms with E-state index in [1.54, 1.807) is 12.1 Å². The van der Waals surface area contributed by atoms with E-state index in [4.69, 9.17) is 22.1 Å². The molecule has 0 saturated carbocycles. The van der Waals surface area contributed by atoms with Crippen LogP contribution in [0.1, 0.15) is 26.3 Å². The molecule has 0 bridgehead atoms. The van der Waals surface area contributed by atoms with Crippen LogP contribution in [0.2, 0.25) is 5.02 Å². The molecule has 0 heterocycles. The molecule has 0 atom stereocenters. The fraction of sp³-hybridized carbons (Fsp3) is 0.0667. The summed E-state index contributed by atoms with van der Waals surface area (Å²) in [5, 5.41) is 0.200. The minimum absolute atomic E-state index is 0.0417. The Hall–Kier alpha value is -2.40. The van der Waals surface area contributed by atoms with Crippen molar-refractivity contribution >= 4 is 23.5 Å². The minimum atomic E-state index is -0.789. The van der Waals surface area contributed by atoms with Crippen LogP contribution >= 0.6 is 11.6 Å².